The van der Waals surface area contributed by atoms with Crippen molar-refractivity contribution in [2.75, 3.05) is 26.1 Å². The van der Waals surface area contributed by atoms with Gasteiger partial charge < -0.3 is 33.7 Å². The van der Waals surface area contributed by atoms with Crippen molar-refractivity contribution in [3.63, 3.8) is 0 Å². The van der Waals surface area contributed by atoms with Gasteiger partial charge in [0.15, 0.2) is 29.4 Å². The topological polar surface area (TPSA) is 179 Å². The second-order valence-corrected chi connectivity index (χ2v) is 17.0. The highest BCUT2D eigenvalue weighted by Crippen LogP contribution is 2.51. The Kier molecular flexibility index (Phi) is 14.1. The number of halogens is 1. The highest BCUT2D eigenvalue weighted by atomic mass is 31.2. The molecule has 328 valence electrons. The van der Waals surface area contributed by atoms with E-state index in [4.69, 9.17) is 23.5 Å². The number of aromatic nitrogens is 5. The summed E-state index contributed by atoms with van der Waals surface area (Å²) in [5.41, 5.74) is 0.822. The number of nitrogens with zero attached hydrogens (tertiary/aromatic N) is 7. The third kappa shape index (κ3) is 9.40. The first-order valence-corrected chi connectivity index (χ1v) is 21.6. The molecule has 1 unspecified atom stereocenters. The number of hydrogen-bond donors (Lipinski definition) is 2. The van der Waals surface area contributed by atoms with Crippen molar-refractivity contribution in [1.82, 2.24) is 29.6 Å². The molecule has 0 radical (unpaired) electrons. The fraction of sp³-hybridized carbons (Fsp3) is 0.348. The number of fused-ring (bicyclic) bond motifs is 1. The number of carbonyl (C=O) groups is 1. The van der Waals surface area contributed by atoms with Crippen LogP contribution in [0.25, 0.3) is 11.2 Å². The van der Waals surface area contributed by atoms with E-state index in [1.807, 2.05) is 107 Å². The molecule has 3 heterocycles. The minimum Gasteiger partial charge on any atom is -0.497 e. The predicted molar refractivity (Wildman–Crippen MR) is 234 cm³/mol. The highest BCUT2D eigenvalue weighted by molar-refractivity contribution is 7.43. The first-order chi connectivity index (χ1) is 30.4. The summed E-state index contributed by atoms with van der Waals surface area (Å²) >= 11 is 0. The van der Waals surface area contributed by atoms with Crippen LogP contribution in [0.4, 0.5) is 10.2 Å². The van der Waals surface area contributed by atoms with Crippen LogP contribution in [-0.4, -0.2) is 91.2 Å². The second kappa shape index (κ2) is 19.6. The fourth-order valence-electron chi connectivity index (χ4n) is 7.99. The number of carbonyl (C=O) groups excluding carboxylic acids is 1. The van der Waals surface area contributed by atoms with Gasteiger partial charge in [-0.05, 0) is 87.2 Å². The predicted octanol–water partition coefficient (Wildman–Crippen LogP) is 8.13. The van der Waals surface area contributed by atoms with Crippen LogP contribution in [0.5, 0.6) is 11.5 Å². The van der Waals surface area contributed by atoms with E-state index in [0.717, 1.165) is 16.7 Å². The van der Waals surface area contributed by atoms with Crippen LogP contribution in [0.15, 0.2) is 116 Å². The van der Waals surface area contributed by atoms with Crippen LogP contribution in [0.2, 0.25) is 0 Å². The van der Waals surface area contributed by atoms with E-state index in [1.165, 1.54) is 11.0 Å². The van der Waals surface area contributed by atoms with Gasteiger partial charge in [0.05, 0.1) is 26.9 Å². The van der Waals surface area contributed by atoms with Crippen molar-refractivity contribution in [2.24, 2.45) is 0 Å². The Morgan fingerprint density at radius 2 is 1.52 bits per heavy atom. The monoisotopic (exact) mass is 876 g/mol. The molecule has 5 atom stereocenters. The number of amides is 1. The number of benzene rings is 4. The normalized spacial score (nSPS) is 18.4. The van der Waals surface area contributed by atoms with Crippen LogP contribution < -0.4 is 14.8 Å². The Bertz CT molecular complexity index is 2440. The lowest BCUT2D eigenvalue weighted by Gasteiger charge is -2.43. The van der Waals surface area contributed by atoms with Gasteiger partial charge in [-0.15, -0.1) is 5.10 Å². The van der Waals surface area contributed by atoms with Gasteiger partial charge in [0.2, 0.25) is 0 Å². The summed E-state index contributed by atoms with van der Waals surface area (Å²) < 4.78 is 51.7. The van der Waals surface area contributed by atoms with Crippen molar-refractivity contribution in [3.05, 3.63) is 138 Å². The minimum atomic E-state index is -2.48. The zero-order valence-electron chi connectivity index (χ0n) is 35.8. The van der Waals surface area contributed by atoms with E-state index in [0.29, 0.717) is 23.5 Å². The second-order valence-electron chi connectivity index (χ2n) is 15.8. The van der Waals surface area contributed by atoms with Crippen LogP contribution >= 0.6 is 8.53 Å². The summed E-state index contributed by atoms with van der Waals surface area (Å²) in [5.74, 6) is 0.914. The summed E-state index contributed by atoms with van der Waals surface area (Å²) in [6.45, 7) is 7.37. The van der Waals surface area contributed by atoms with Crippen molar-refractivity contribution in [3.8, 4) is 17.6 Å². The average Bonchev–Trinajstić information content (AvgIpc) is 3.87. The smallest absolute Gasteiger partial charge is 0.257 e. The van der Waals surface area contributed by atoms with Crippen LogP contribution in [-0.2, 0) is 19.6 Å². The molecule has 63 heavy (non-hydrogen) atoms. The first-order valence-electron chi connectivity index (χ1n) is 20.4. The molecule has 7 rings (SSSR count). The lowest BCUT2D eigenvalue weighted by atomic mass is 9.80. The average molecular weight is 877 g/mol. The molecule has 6 aromatic rings. The lowest BCUT2D eigenvalue weighted by molar-refractivity contribution is -0.0944. The number of hydrogen-bond acceptors (Lipinski definition) is 13. The van der Waals surface area contributed by atoms with Gasteiger partial charge in [-0.1, -0.05) is 78.0 Å². The van der Waals surface area contributed by atoms with Gasteiger partial charge in [-0.25, -0.2) is 19.0 Å². The van der Waals surface area contributed by atoms with E-state index in [1.54, 1.807) is 49.2 Å². The highest BCUT2D eigenvalue weighted by Gasteiger charge is 2.52. The van der Waals surface area contributed by atoms with Crippen molar-refractivity contribution in [1.29, 1.82) is 5.26 Å². The van der Waals surface area contributed by atoms with Gasteiger partial charge in [0, 0.05) is 23.6 Å². The van der Waals surface area contributed by atoms with Gasteiger partial charge in [0.25, 0.3) is 14.4 Å². The molecular weight excluding hydrogens is 827 g/mol. The maximum atomic E-state index is 17.5. The van der Waals surface area contributed by atoms with E-state index in [-0.39, 0.29) is 36.1 Å². The molecule has 1 fully saturated rings. The molecule has 15 nitrogen and oxygen atoms in total. The molecule has 0 saturated carbocycles. The molecule has 1 aliphatic rings. The molecule has 1 amide bonds. The van der Waals surface area contributed by atoms with Gasteiger partial charge >= 0.3 is 0 Å². The van der Waals surface area contributed by atoms with Gasteiger partial charge in [-0.2, -0.15) is 9.94 Å². The van der Waals surface area contributed by atoms with Crippen molar-refractivity contribution >= 4 is 31.4 Å². The minimum absolute atomic E-state index is 0.0684. The van der Waals surface area contributed by atoms with Crippen LogP contribution in [0.3, 0.4) is 0 Å². The molecule has 4 aromatic carbocycles. The van der Waals surface area contributed by atoms with E-state index < -0.39 is 50.2 Å². The molecule has 0 aliphatic carbocycles. The fourth-order valence-corrected chi connectivity index (χ4v) is 9.52. The largest absolute Gasteiger partial charge is 0.497 e. The summed E-state index contributed by atoms with van der Waals surface area (Å²) in [6.07, 6.45) is -4.12. The lowest BCUT2D eigenvalue weighted by Crippen LogP contribution is -2.46. The van der Waals surface area contributed by atoms with Crippen LogP contribution in [0, 0.1) is 11.3 Å². The Labute approximate surface area is 366 Å². The number of nitriles is 1. The van der Waals surface area contributed by atoms with Crippen molar-refractivity contribution in [2.45, 2.75) is 82.3 Å². The quantitative estimate of drug-likeness (QED) is 0.0625. The van der Waals surface area contributed by atoms with E-state index in [2.05, 4.69) is 31.7 Å². The number of methoxy groups -OCH3 is 2. The maximum Gasteiger partial charge on any atom is 0.257 e. The molecule has 2 N–H and O–H groups in total. The maximum absolute atomic E-state index is 17.5. The number of alkyl halides is 1. The SMILES string of the molecule is COc1ccc(C(OC[C@H]2O[C@@H](n3nnc4c(NC(=O)c5ccccc5)ncnc43)[C@@H](F)[C@@H]2OP(O)N(C(C)C)C(C)(C)CCC#N)(c2ccccc2)c2ccc(OC)cc2)cc1. The molecule has 0 bridgehead atoms. The van der Waals surface area contributed by atoms with Crippen LogP contribution in [0.1, 0.15) is 73.8 Å². The zero-order chi connectivity index (χ0) is 44.7. The summed E-state index contributed by atoms with van der Waals surface area (Å²) in [5, 5.41) is 20.7. The Morgan fingerprint density at radius 3 is 2.10 bits per heavy atom. The first kappa shape index (κ1) is 45.1. The number of rotatable bonds is 18. The standard InChI is InChI=1S/C46H50FN8O7P/c1-30(2)55(45(3,4)26-13-27-48)63(57)62-40-37(61-44(38(40)47)54-42-39(52-53-54)41(49-29-50-42)51-43(56)31-14-9-7-10-15-31)28-60-46(32-16-11-8-12-17-32,33-18-22-35(58-5)23-19-33)34-20-24-36(59-6)25-21-34/h7-12,14-25,29-30,37-38,40,44,57H,13,26,28H2,1-6H3,(H,49,50,51,56)/t37-,38+,40-,44-,63?/m1/s1. The molecule has 17 heteroatoms. The number of ether oxygens (including phenoxy) is 4. The van der Waals surface area contributed by atoms with Gasteiger partial charge in [-0.3, -0.25) is 4.79 Å². The molecular formula is C46H50FN8O7P. The third-order valence-corrected chi connectivity index (χ3v) is 12.8. The molecule has 1 saturated heterocycles. The number of nitrogens with one attached hydrogen (secondary N) is 1. The molecule has 1 aliphatic heterocycles. The molecule has 0 spiro atoms. The van der Waals surface area contributed by atoms with E-state index >= 15 is 4.39 Å². The summed E-state index contributed by atoms with van der Waals surface area (Å²) in [4.78, 5) is 33.7. The summed E-state index contributed by atoms with van der Waals surface area (Å²) in [6, 6.07) is 35.1. The van der Waals surface area contributed by atoms with Crippen molar-refractivity contribution < 1.29 is 37.5 Å². The Balaban J connectivity index is 1.30. The number of anilines is 1. The Hall–Kier alpha value is -5.92. The molecule has 2 aromatic heterocycles. The van der Waals surface area contributed by atoms with Gasteiger partial charge in [0.1, 0.15) is 35.6 Å². The third-order valence-electron chi connectivity index (χ3n) is 11.0. The van der Waals surface area contributed by atoms with E-state index in [9.17, 15) is 14.9 Å². The Morgan fingerprint density at radius 1 is 0.937 bits per heavy atom. The zero-order valence-corrected chi connectivity index (χ0v) is 36.7. The summed E-state index contributed by atoms with van der Waals surface area (Å²) in [7, 11) is 0.702.